The number of carboxylic acid groups (broad SMARTS) is 1. The molecule has 1 saturated heterocycles. The number of carbonyl (C=O) groups excluding carboxylic acids is 1. The second-order valence-corrected chi connectivity index (χ2v) is 7.63. The Bertz CT molecular complexity index is 454. The zero-order chi connectivity index (χ0) is 14.1. The lowest BCUT2D eigenvalue weighted by Crippen LogP contribution is -2.57. The summed E-state index contributed by atoms with van der Waals surface area (Å²) in [6, 6.07) is -0.958. The summed E-state index contributed by atoms with van der Waals surface area (Å²) < 4.78 is 22.3. The van der Waals surface area contributed by atoms with Gasteiger partial charge in [-0.3, -0.25) is 4.79 Å². The molecular formula is C11H19NO5S. The quantitative estimate of drug-likeness (QED) is 0.792. The highest BCUT2D eigenvalue weighted by Crippen LogP contribution is 2.35. The number of hydrogen-bond acceptors (Lipinski definition) is 4. The van der Waals surface area contributed by atoms with E-state index in [9.17, 15) is 23.1 Å². The minimum Gasteiger partial charge on any atom is -0.480 e. The molecule has 0 aromatic heterocycles. The Morgan fingerprint density at radius 1 is 1.39 bits per heavy atom. The smallest absolute Gasteiger partial charge is 0.326 e. The largest absolute Gasteiger partial charge is 0.480 e. The molecule has 0 aromatic carbocycles. The van der Waals surface area contributed by atoms with Gasteiger partial charge in [0.1, 0.15) is 11.8 Å². The molecule has 1 amide bonds. The fraction of sp³-hybridized carbons (Fsp3) is 0.818. The monoisotopic (exact) mass is 277 g/mol. The van der Waals surface area contributed by atoms with Gasteiger partial charge in [-0.1, -0.05) is 13.8 Å². The Morgan fingerprint density at radius 2 is 1.94 bits per heavy atom. The summed E-state index contributed by atoms with van der Waals surface area (Å²) in [5.74, 6) is -2.34. The topological polar surface area (TPSA) is 91.8 Å². The number of likely N-dealkylation sites (tertiary alicyclic amines) is 1. The normalized spacial score (nSPS) is 23.7. The standard InChI is InChI=1S/C11H19NO5S/c1-11(2)5-4-6-12(9(11)10(14)15)8(13)7-18(3,16)17/h9H,4-7H2,1-3H3,(H,14,15). The minimum atomic E-state index is -3.44. The number of carboxylic acids is 1. The molecule has 0 spiro atoms. The molecule has 0 aromatic rings. The molecule has 6 nitrogen and oxygen atoms in total. The van der Waals surface area contributed by atoms with Crippen LogP contribution in [0.25, 0.3) is 0 Å². The van der Waals surface area contributed by atoms with Gasteiger partial charge in [-0.25, -0.2) is 13.2 Å². The Labute approximate surface area is 107 Å². The van der Waals surface area contributed by atoms with Crippen LogP contribution in [-0.2, 0) is 19.4 Å². The maximum absolute atomic E-state index is 11.9. The molecule has 7 heteroatoms. The van der Waals surface area contributed by atoms with E-state index in [1.807, 2.05) is 0 Å². The number of nitrogens with zero attached hydrogens (tertiary/aromatic N) is 1. The van der Waals surface area contributed by atoms with Crippen molar-refractivity contribution in [3.8, 4) is 0 Å². The average Bonchev–Trinajstić information content (AvgIpc) is 2.11. The van der Waals surface area contributed by atoms with E-state index in [4.69, 9.17) is 0 Å². The van der Waals surface area contributed by atoms with Gasteiger partial charge in [-0.2, -0.15) is 0 Å². The Hall–Kier alpha value is -1.11. The zero-order valence-electron chi connectivity index (χ0n) is 10.8. The number of aliphatic carboxylic acids is 1. The first-order valence-electron chi connectivity index (χ1n) is 5.74. The van der Waals surface area contributed by atoms with E-state index in [1.54, 1.807) is 13.8 Å². The van der Waals surface area contributed by atoms with Crippen molar-refractivity contribution in [2.45, 2.75) is 32.7 Å². The maximum Gasteiger partial charge on any atom is 0.326 e. The molecule has 1 aliphatic heterocycles. The third kappa shape index (κ3) is 3.44. The number of carbonyl (C=O) groups is 2. The summed E-state index contributed by atoms with van der Waals surface area (Å²) in [5.41, 5.74) is -0.544. The molecule has 18 heavy (non-hydrogen) atoms. The summed E-state index contributed by atoms with van der Waals surface area (Å²) in [6.07, 6.45) is 2.36. The molecule has 0 radical (unpaired) electrons. The summed E-state index contributed by atoms with van der Waals surface area (Å²) >= 11 is 0. The Kier molecular flexibility index (Phi) is 4.05. The van der Waals surface area contributed by atoms with Crippen LogP contribution in [-0.4, -0.2) is 54.9 Å². The van der Waals surface area contributed by atoms with Gasteiger partial charge in [0, 0.05) is 12.8 Å². The predicted molar refractivity (Wildman–Crippen MR) is 65.9 cm³/mol. The highest BCUT2D eigenvalue weighted by atomic mass is 32.2. The number of amides is 1. The van der Waals surface area contributed by atoms with Gasteiger partial charge >= 0.3 is 5.97 Å². The van der Waals surface area contributed by atoms with Crippen LogP contribution in [0.15, 0.2) is 0 Å². The Morgan fingerprint density at radius 3 is 2.39 bits per heavy atom. The van der Waals surface area contributed by atoms with Crippen molar-refractivity contribution in [2.75, 3.05) is 18.6 Å². The summed E-state index contributed by atoms with van der Waals surface area (Å²) in [5, 5.41) is 9.25. The molecule has 1 heterocycles. The van der Waals surface area contributed by atoms with Crippen LogP contribution in [0.2, 0.25) is 0 Å². The molecule has 1 aliphatic rings. The first-order valence-corrected chi connectivity index (χ1v) is 7.81. The fourth-order valence-electron chi connectivity index (χ4n) is 2.44. The minimum absolute atomic E-state index is 0.300. The van der Waals surface area contributed by atoms with Gasteiger partial charge in [-0.05, 0) is 18.3 Å². The lowest BCUT2D eigenvalue weighted by atomic mass is 9.76. The van der Waals surface area contributed by atoms with Crippen molar-refractivity contribution in [3.05, 3.63) is 0 Å². The van der Waals surface area contributed by atoms with Crippen LogP contribution in [0.4, 0.5) is 0 Å². The van der Waals surface area contributed by atoms with Crippen LogP contribution in [0.3, 0.4) is 0 Å². The zero-order valence-corrected chi connectivity index (χ0v) is 11.7. The van der Waals surface area contributed by atoms with Crippen LogP contribution >= 0.6 is 0 Å². The molecule has 1 unspecified atom stereocenters. The SMILES string of the molecule is CC1(C)CCCN(C(=O)CS(C)(=O)=O)C1C(=O)O. The van der Waals surface area contributed by atoms with E-state index in [-0.39, 0.29) is 0 Å². The van der Waals surface area contributed by atoms with Gasteiger partial charge in [0.05, 0.1) is 0 Å². The number of hydrogen-bond donors (Lipinski definition) is 1. The first kappa shape index (κ1) is 14.9. The fourth-order valence-corrected chi connectivity index (χ4v) is 3.05. The second-order valence-electron chi connectivity index (χ2n) is 5.49. The number of piperidine rings is 1. The lowest BCUT2D eigenvalue weighted by Gasteiger charge is -2.43. The van der Waals surface area contributed by atoms with E-state index < -0.39 is 38.9 Å². The van der Waals surface area contributed by atoms with E-state index in [1.165, 1.54) is 4.90 Å². The van der Waals surface area contributed by atoms with E-state index in [2.05, 4.69) is 0 Å². The van der Waals surface area contributed by atoms with Gasteiger partial charge in [0.2, 0.25) is 5.91 Å². The molecule has 1 fully saturated rings. The van der Waals surface area contributed by atoms with Crippen LogP contribution in [0.1, 0.15) is 26.7 Å². The first-order chi connectivity index (χ1) is 8.04. The maximum atomic E-state index is 11.9. The van der Waals surface area contributed by atoms with Gasteiger partial charge < -0.3 is 10.0 Å². The highest BCUT2D eigenvalue weighted by Gasteiger charge is 2.44. The van der Waals surface area contributed by atoms with Crippen molar-refractivity contribution in [2.24, 2.45) is 5.41 Å². The van der Waals surface area contributed by atoms with Crippen molar-refractivity contribution < 1.29 is 23.1 Å². The van der Waals surface area contributed by atoms with Crippen molar-refractivity contribution in [1.29, 1.82) is 0 Å². The summed E-state index contributed by atoms with van der Waals surface area (Å²) in [6.45, 7) is 3.87. The van der Waals surface area contributed by atoms with E-state index in [0.29, 0.717) is 19.4 Å². The lowest BCUT2D eigenvalue weighted by molar-refractivity contribution is -0.157. The van der Waals surface area contributed by atoms with Gasteiger partial charge in [-0.15, -0.1) is 0 Å². The molecule has 104 valence electrons. The molecule has 0 aliphatic carbocycles. The van der Waals surface area contributed by atoms with E-state index in [0.717, 1.165) is 6.26 Å². The molecule has 1 atom stereocenters. The highest BCUT2D eigenvalue weighted by molar-refractivity contribution is 7.91. The second kappa shape index (κ2) is 4.87. The van der Waals surface area contributed by atoms with Crippen molar-refractivity contribution >= 4 is 21.7 Å². The molecular weight excluding hydrogens is 258 g/mol. The molecule has 1 rings (SSSR count). The predicted octanol–water partition coefficient (Wildman–Crippen LogP) is 0.133. The van der Waals surface area contributed by atoms with Gasteiger partial charge in [0.25, 0.3) is 0 Å². The third-order valence-corrected chi connectivity index (χ3v) is 3.98. The van der Waals surface area contributed by atoms with Crippen LogP contribution < -0.4 is 0 Å². The average molecular weight is 277 g/mol. The van der Waals surface area contributed by atoms with E-state index >= 15 is 0 Å². The summed E-state index contributed by atoms with van der Waals surface area (Å²) in [4.78, 5) is 24.4. The van der Waals surface area contributed by atoms with Crippen LogP contribution in [0, 0.1) is 5.41 Å². The van der Waals surface area contributed by atoms with Crippen molar-refractivity contribution in [1.82, 2.24) is 4.90 Å². The molecule has 0 bridgehead atoms. The number of sulfone groups is 1. The number of rotatable bonds is 3. The molecule has 0 saturated carbocycles. The Balaban J connectivity index is 2.98. The molecule has 1 N–H and O–H groups in total. The van der Waals surface area contributed by atoms with Gasteiger partial charge in [0.15, 0.2) is 9.84 Å². The van der Waals surface area contributed by atoms with Crippen LogP contribution in [0.5, 0.6) is 0 Å². The summed E-state index contributed by atoms with van der Waals surface area (Å²) in [7, 11) is -3.44. The van der Waals surface area contributed by atoms with Crippen molar-refractivity contribution in [3.63, 3.8) is 0 Å². The third-order valence-electron chi connectivity index (χ3n) is 3.21.